The minimum Gasteiger partial charge on any atom is -0.497 e. The standard InChI is InChI=1S/C21H22N4O2/c1-27-17-5-2-4-15(12-17)13-20(26)25-11-3-6-19(25)21-18(14-23-24-21)16-7-9-22-10-8-16/h2,4-5,7-10,12,14,19H,3,6,11,13H2,1H3,(H,23,24)/t19-/m1/s1. The average molecular weight is 362 g/mol. The third-order valence-electron chi connectivity index (χ3n) is 5.06. The number of ether oxygens (including phenoxy) is 1. The molecule has 4 rings (SSSR count). The second-order valence-corrected chi connectivity index (χ2v) is 6.71. The molecule has 0 unspecified atom stereocenters. The maximum absolute atomic E-state index is 13.0. The third-order valence-corrected chi connectivity index (χ3v) is 5.06. The number of aromatic amines is 1. The van der Waals surface area contributed by atoms with Crippen LogP contribution in [0.5, 0.6) is 5.75 Å². The number of amides is 1. The number of methoxy groups -OCH3 is 1. The molecule has 1 amide bonds. The Hall–Kier alpha value is -3.15. The summed E-state index contributed by atoms with van der Waals surface area (Å²) in [7, 11) is 1.64. The molecule has 1 aromatic carbocycles. The summed E-state index contributed by atoms with van der Waals surface area (Å²) in [6, 6.07) is 11.6. The van der Waals surface area contributed by atoms with E-state index in [-0.39, 0.29) is 11.9 Å². The summed E-state index contributed by atoms with van der Waals surface area (Å²) in [5.41, 5.74) is 4.05. The van der Waals surface area contributed by atoms with E-state index in [2.05, 4.69) is 15.2 Å². The molecule has 3 heterocycles. The SMILES string of the molecule is COc1cccc(CC(=O)N2CCC[C@@H]2c2[nH]ncc2-c2ccncc2)c1. The zero-order valence-corrected chi connectivity index (χ0v) is 15.3. The second kappa shape index (κ2) is 7.61. The lowest BCUT2D eigenvalue weighted by Gasteiger charge is -2.25. The van der Waals surface area contributed by atoms with Crippen LogP contribution in [-0.4, -0.2) is 39.6 Å². The van der Waals surface area contributed by atoms with E-state index < -0.39 is 0 Å². The highest BCUT2D eigenvalue weighted by Gasteiger charge is 2.32. The molecule has 2 aromatic heterocycles. The van der Waals surface area contributed by atoms with Crippen LogP contribution in [0, 0.1) is 0 Å². The summed E-state index contributed by atoms with van der Waals surface area (Å²) in [4.78, 5) is 19.1. The quantitative estimate of drug-likeness (QED) is 0.755. The summed E-state index contributed by atoms with van der Waals surface area (Å²) in [5, 5.41) is 7.37. The fourth-order valence-corrected chi connectivity index (χ4v) is 3.74. The van der Waals surface area contributed by atoms with E-state index in [1.165, 1.54) is 0 Å². The average Bonchev–Trinajstić information content (AvgIpc) is 3.38. The van der Waals surface area contributed by atoms with Gasteiger partial charge in [-0.3, -0.25) is 14.9 Å². The number of nitrogens with zero attached hydrogens (tertiary/aromatic N) is 3. The first-order chi connectivity index (χ1) is 13.3. The van der Waals surface area contributed by atoms with Crippen molar-refractivity contribution in [1.29, 1.82) is 0 Å². The summed E-state index contributed by atoms with van der Waals surface area (Å²) >= 11 is 0. The number of aromatic nitrogens is 3. The van der Waals surface area contributed by atoms with Crippen LogP contribution in [0.4, 0.5) is 0 Å². The van der Waals surface area contributed by atoms with Crippen molar-refractivity contribution in [3.05, 3.63) is 66.2 Å². The monoisotopic (exact) mass is 362 g/mol. The van der Waals surface area contributed by atoms with Crippen LogP contribution in [0.15, 0.2) is 55.0 Å². The lowest BCUT2D eigenvalue weighted by atomic mass is 10.0. The molecule has 1 N–H and O–H groups in total. The lowest BCUT2D eigenvalue weighted by molar-refractivity contribution is -0.131. The van der Waals surface area contributed by atoms with E-state index >= 15 is 0 Å². The van der Waals surface area contributed by atoms with Crippen molar-refractivity contribution in [1.82, 2.24) is 20.1 Å². The molecule has 1 atom stereocenters. The molecule has 0 spiro atoms. The first kappa shape index (κ1) is 17.3. The summed E-state index contributed by atoms with van der Waals surface area (Å²) < 4.78 is 5.26. The summed E-state index contributed by atoms with van der Waals surface area (Å²) in [6.07, 6.45) is 7.66. The van der Waals surface area contributed by atoms with Crippen LogP contribution in [0.25, 0.3) is 11.1 Å². The Morgan fingerprint density at radius 2 is 2.15 bits per heavy atom. The summed E-state index contributed by atoms with van der Waals surface area (Å²) in [6.45, 7) is 0.766. The molecular formula is C21H22N4O2. The van der Waals surface area contributed by atoms with E-state index in [4.69, 9.17) is 4.74 Å². The van der Waals surface area contributed by atoms with Gasteiger partial charge >= 0.3 is 0 Å². The van der Waals surface area contributed by atoms with Crippen LogP contribution >= 0.6 is 0 Å². The van der Waals surface area contributed by atoms with E-state index in [0.29, 0.717) is 6.42 Å². The number of likely N-dealkylation sites (tertiary alicyclic amines) is 1. The largest absolute Gasteiger partial charge is 0.497 e. The summed E-state index contributed by atoms with van der Waals surface area (Å²) in [5.74, 6) is 0.896. The van der Waals surface area contributed by atoms with E-state index in [9.17, 15) is 4.79 Å². The highest BCUT2D eigenvalue weighted by molar-refractivity contribution is 5.80. The normalized spacial score (nSPS) is 16.5. The van der Waals surface area contributed by atoms with Gasteiger partial charge in [-0.25, -0.2) is 0 Å². The van der Waals surface area contributed by atoms with Crippen LogP contribution < -0.4 is 4.74 Å². The zero-order valence-electron chi connectivity index (χ0n) is 15.3. The van der Waals surface area contributed by atoms with Crippen molar-refractivity contribution in [2.24, 2.45) is 0 Å². The Balaban J connectivity index is 1.56. The van der Waals surface area contributed by atoms with Gasteiger partial charge in [0.15, 0.2) is 0 Å². The van der Waals surface area contributed by atoms with Crippen LogP contribution in [0.2, 0.25) is 0 Å². The van der Waals surface area contributed by atoms with Gasteiger partial charge in [0.25, 0.3) is 0 Å². The molecule has 1 aliphatic heterocycles. The van der Waals surface area contributed by atoms with Gasteiger partial charge in [0.1, 0.15) is 5.75 Å². The van der Waals surface area contributed by atoms with Crippen LogP contribution in [0.3, 0.4) is 0 Å². The third kappa shape index (κ3) is 3.56. The van der Waals surface area contributed by atoms with Crippen molar-refractivity contribution in [2.75, 3.05) is 13.7 Å². The van der Waals surface area contributed by atoms with Crippen LogP contribution in [0.1, 0.15) is 30.1 Å². The molecule has 0 saturated carbocycles. The molecule has 1 aliphatic rings. The van der Waals surface area contributed by atoms with Gasteiger partial charge in [-0.1, -0.05) is 12.1 Å². The maximum atomic E-state index is 13.0. The predicted molar refractivity (Wildman–Crippen MR) is 102 cm³/mol. The highest BCUT2D eigenvalue weighted by Crippen LogP contribution is 2.36. The number of nitrogens with one attached hydrogen (secondary N) is 1. The number of carbonyl (C=O) groups excluding carboxylic acids is 1. The fraction of sp³-hybridized carbons (Fsp3) is 0.286. The molecule has 1 saturated heterocycles. The Labute approximate surface area is 158 Å². The molecule has 1 fully saturated rings. The molecule has 6 heteroatoms. The van der Waals surface area contributed by atoms with Crippen LogP contribution in [-0.2, 0) is 11.2 Å². The molecule has 138 valence electrons. The molecular weight excluding hydrogens is 340 g/mol. The highest BCUT2D eigenvalue weighted by atomic mass is 16.5. The molecule has 0 aliphatic carbocycles. The Morgan fingerprint density at radius 1 is 1.30 bits per heavy atom. The Morgan fingerprint density at radius 3 is 2.96 bits per heavy atom. The molecule has 0 bridgehead atoms. The van der Waals surface area contributed by atoms with Crippen molar-refractivity contribution < 1.29 is 9.53 Å². The van der Waals surface area contributed by atoms with Gasteiger partial charge in [-0.2, -0.15) is 5.10 Å². The molecule has 27 heavy (non-hydrogen) atoms. The smallest absolute Gasteiger partial charge is 0.227 e. The Kier molecular flexibility index (Phi) is 4.87. The topological polar surface area (TPSA) is 71.1 Å². The van der Waals surface area contributed by atoms with E-state index in [1.807, 2.05) is 47.5 Å². The van der Waals surface area contributed by atoms with Gasteiger partial charge in [0, 0.05) is 24.5 Å². The Bertz CT molecular complexity index is 923. The number of carbonyl (C=O) groups is 1. The molecule has 0 radical (unpaired) electrons. The van der Waals surface area contributed by atoms with E-state index in [1.54, 1.807) is 19.5 Å². The predicted octanol–water partition coefficient (Wildman–Crippen LogP) is 3.39. The number of hydrogen-bond donors (Lipinski definition) is 1. The van der Waals surface area contributed by atoms with Crippen molar-refractivity contribution >= 4 is 5.91 Å². The zero-order chi connectivity index (χ0) is 18.6. The van der Waals surface area contributed by atoms with Gasteiger partial charge in [-0.15, -0.1) is 0 Å². The minimum absolute atomic E-state index is 0.0220. The van der Waals surface area contributed by atoms with Crippen molar-refractivity contribution in [3.63, 3.8) is 0 Å². The maximum Gasteiger partial charge on any atom is 0.227 e. The lowest BCUT2D eigenvalue weighted by Crippen LogP contribution is -2.32. The number of rotatable bonds is 5. The number of benzene rings is 1. The molecule has 3 aromatic rings. The number of hydrogen-bond acceptors (Lipinski definition) is 4. The van der Waals surface area contributed by atoms with Crippen molar-refractivity contribution in [2.45, 2.75) is 25.3 Å². The van der Waals surface area contributed by atoms with Gasteiger partial charge < -0.3 is 9.64 Å². The minimum atomic E-state index is 0.0220. The number of H-pyrrole nitrogens is 1. The van der Waals surface area contributed by atoms with Gasteiger partial charge in [0.05, 0.1) is 31.5 Å². The fourth-order valence-electron chi connectivity index (χ4n) is 3.74. The second-order valence-electron chi connectivity index (χ2n) is 6.71. The molecule has 6 nitrogen and oxygen atoms in total. The van der Waals surface area contributed by atoms with Gasteiger partial charge in [-0.05, 0) is 48.2 Å². The number of pyridine rings is 1. The van der Waals surface area contributed by atoms with Crippen molar-refractivity contribution in [3.8, 4) is 16.9 Å². The first-order valence-corrected chi connectivity index (χ1v) is 9.12. The first-order valence-electron chi connectivity index (χ1n) is 9.12. The van der Waals surface area contributed by atoms with E-state index in [0.717, 1.165) is 47.5 Å². The van der Waals surface area contributed by atoms with Gasteiger partial charge in [0.2, 0.25) is 5.91 Å².